The molecule has 5 heteroatoms. The van der Waals surface area contributed by atoms with Gasteiger partial charge in [0.25, 0.3) is 0 Å². The van der Waals surface area contributed by atoms with Gasteiger partial charge in [-0.1, -0.05) is 0 Å². The Morgan fingerprint density at radius 3 is 2.25 bits per heavy atom. The van der Waals surface area contributed by atoms with E-state index in [1.807, 2.05) is 0 Å². The first-order valence-electron chi connectivity index (χ1n) is 1.88. The van der Waals surface area contributed by atoms with E-state index in [0.717, 1.165) is 0 Å². The van der Waals surface area contributed by atoms with E-state index < -0.39 is 12.0 Å². The summed E-state index contributed by atoms with van der Waals surface area (Å²) < 4.78 is 0. The number of nitrogens with two attached hydrogens (primary N) is 1. The summed E-state index contributed by atoms with van der Waals surface area (Å²) in [6.45, 7) is -0.324. The molecule has 2 amide bonds. The molecule has 0 aromatic carbocycles. The molecule has 0 heterocycles. The molecule has 0 saturated heterocycles. The highest BCUT2D eigenvalue weighted by molar-refractivity contribution is 5.79. The number of hydrogen-bond acceptors (Lipinski definition) is 2. The van der Waals surface area contributed by atoms with Crippen molar-refractivity contribution in [1.29, 1.82) is 0 Å². The van der Waals surface area contributed by atoms with E-state index in [0.29, 0.717) is 0 Å². The number of primary amides is 1. The lowest BCUT2D eigenvalue weighted by Crippen LogP contribution is -2.31. The second-order valence-corrected chi connectivity index (χ2v) is 1.13. The van der Waals surface area contributed by atoms with Crippen LogP contribution < -0.4 is 11.1 Å². The summed E-state index contributed by atoms with van der Waals surface area (Å²) in [7, 11) is 0. The van der Waals surface area contributed by atoms with Crippen LogP contribution in [0, 0.1) is 0 Å². The summed E-state index contributed by atoms with van der Waals surface area (Å²) in [4.78, 5) is 19.4. The van der Waals surface area contributed by atoms with Gasteiger partial charge in [0.05, 0.1) is 6.54 Å². The monoisotopic (exact) mass is 118 g/mol. The Bertz CT molecular complexity index is 97.1. The van der Waals surface area contributed by atoms with Crippen molar-refractivity contribution in [2.75, 3.05) is 6.54 Å². The Morgan fingerprint density at radius 1 is 1.62 bits per heavy atom. The van der Waals surface area contributed by atoms with E-state index in [4.69, 9.17) is 5.11 Å². The average Bonchev–Trinajstić information content (AvgIpc) is 1.61. The van der Waals surface area contributed by atoms with Crippen LogP contribution in [0.1, 0.15) is 0 Å². The second-order valence-electron chi connectivity index (χ2n) is 1.13. The zero-order valence-corrected chi connectivity index (χ0v) is 4.05. The van der Waals surface area contributed by atoms with Crippen LogP contribution in [0.3, 0.4) is 0 Å². The van der Waals surface area contributed by atoms with Crippen molar-refractivity contribution in [3.63, 3.8) is 0 Å². The molecule has 0 saturated carbocycles. The molecule has 0 spiro atoms. The van der Waals surface area contributed by atoms with Crippen LogP contribution in [0.2, 0.25) is 0 Å². The van der Waals surface area contributed by atoms with Crippen LogP contribution in [0.4, 0.5) is 4.79 Å². The van der Waals surface area contributed by atoms with Crippen LogP contribution in [0.5, 0.6) is 0 Å². The lowest BCUT2D eigenvalue weighted by molar-refractivity contribution is -0.117. The minimum Gasteiger partial charge on any atom is -0.465 e. The van der Waals surface area contributed by atoms with Gasteiger partial charge < -0.3 is 16.2 Å². The maximum atomic E-state index is 9.80. The molecule has 5 nitrogen and oxygen atoms in total. The second kappa shape index (κ2) is 2.84. The molecule has 0 bridgehead atoms. The summed E-state index contributed by atoms with van der Waals surface area (Å²) in [5.74, 6) is -0.688. The van der Waals surface area contributed by atoms with Crippen LogP contribution in [0.15, 0.2) is 0 Å². The molecule has 0 aromatic rings. The number of hydrogen-bond donors (Lipinski definition) is 3. The standard InChI is InChI=1S/C3H6N2O3/c4-2(6)1-5-3(7)8/h5H,1H2,(H2,4,6)(H,7,8). The summed E-state index contributed by atoms with van der Waals surface area (Å²) in [6, 6.07) is 0. The predicted molar refractivity (Wildman–Crippen MR) is 25.2 cm³/mol. The molecular formula is C3H6N2O3. The number of carbonyl (C=O) groups excluding carboxylic acids is 1. The van der Waals surface area contributed by atoms with Gasteiger partial charge in [-0.25, -0.2) is 4.79 Å². The SMILES string of the molecule is NC(=O)CNC(=O)O. The predicted octanol–water partition coefficient (Wildman–Crippen LogP) is -1.26. The minimum atomic E-state index is -1.25. The van der Waals surface area contributed by atoms with E-state index in [1.165, 1.54) is 0 Å². The fraction of sp³-hybridized carbons (Fsp3) is 0.333. The van der Waals surface area contributed by atoms with Gasteiger partial charge in [0.2, 0.25) is 5.91 Å². The van der Waals surface area contributed by atoms with Gasteiger partial charge in [-0.15, -0.1) is 0 Å². The van der Waals surface area contributed by atoms with E-state index in [1.54, 1.807) is 5.32 Å². The maximum absolute atomic E-state index is 9.80. The molecule has 0 atom stereocenters. The first-order valence-corrected chi connectivity index (χ1v) is 1.88. The highest BCUT2D eigenvalue weighted by Gasteiger charge is 1.94. The number of carboxylic acid groups (broad SMARTS) is 1. The molecule has 0 aliphatic heterocycles. The first-order chi connectivity index (χ1) is 3.63. The highest BCUT2D eigenvalue weighted by atomic mass is 16.4. The highest BCUT2D eigenvalue weighted by Crippen LogP contribution is 1.57. The topological polar surface area (TPSA) is 92.4 Å². The molecular weight excluding hydrogens is 112 g/mol. The van der Waals surface area contributed by atoms with Gasteiger partial charge >= 0.3 is 6.09 Å². The number of rotatable bonds is 2. The Balaban J connectivity index is 3.18. The molecule has 0 aromatic heterocycles. The number of amides is 2. The molecule has 0 unspecified atom stereocenters. The van der Waals surface area contributed by atoms with Crippen molar-refractivity contribution in [2.45, 2.75) is 0 Å². The van der Waals surface area contributed by atoms with Crippen molar-refractivity contribution in [1.82, 2.24) is 5.32 Å². The van der Waals surface area contributed by atoms with E-state index >= 15 is 0 Å². The average molecular weight is 118 g/mol. The van der Waals surface area contributed by atoms with Crippen molar-refractivity contribution in [3.05, 3.63) is 0 Å². The first kappa shape index (κ1) is 6.74. The van der Waals surface area contributed by atoms with E-state index in [2.05, 4.69) is 5.73 Å². The van der Waals surface area contributed by atoms with E-state index in [-0.39, 0.29) is 6.54 Å². The lowest BCUT2D eigenvalue weighted by Gasteiger charge is -1.91. The van der Waals surface area contributed by atoms with Gasteiger partial charge in [-0.2, -0.15) is 0 Å². The number of carbonyl (C=O) groups is 2. The fourth-order valence-corrected chi connectivity index (χ4v) is 0.163. The van der Waals surface area contributed by atoms with Crippen molar-refractivity contribution >= 4 is 12.0 Å². The summed E-state index contributed by atoms with van der Waals surface area (Å²) in [5.41, 5.74) is 4.58. The Morgan fingerprint density at radius 2 is 2.12 bits per heavy atom. The Labute approximate surface area is 45.5 Å². The fourth-order valence-electron chi connectivity index (χ4n) is 0.163. The molecule has 0 rings (SSSR count). The van der Waals surface area contributed by atoms with Gasteiger partial charge in [0.15, 0.2) is 0 Å². The Kier molecular flexibility index (Phi) is 2.39. The summed E-state index contributed by atoms with van der Waals surface area (Å²) >= 11 is 0. The normalized spacial score (nSPS) is 8.00. The lowest BCUT2D eigenvalue weighted by atomic mass is 10.6. The molecule has 0 radical (unpaired) electrons. The van der Waals surface area contributed by atoms with Gasteiger partial charge in [0.1, 0.15) is 0 Å². The van der Waals surface area contributed by atoms with Crippen molar-refractivity contribution < 1.29 is 14.7 Å². The smallest absolute Gasteiger partial charge is 0.405 e. The molecule has 0 fully saturated rings. The van der Waals surface area contributed by atoms with Crippen LogP contribution in [-0.4, -0.2) is 23.7 Å². The van der Waals surface area contributed by atoms with E-state index in [9.17, 15) is 9.59 Å². The van der Waals surface area contributed by atoms with Crippen LogP contribution in [-0.2, 0) is 4.79 Å². The molecule has 8 heavy (non-hydrogen) atoms. The third-order valence-corrected chi connectivity index (χ3v) is 0.414. The quantitative estimate of drug-likeness (QED) is 0.422. The van der Waals surface area contributed by atoms with Crippen LogP contribution >= 0.6 is 0 Å². The number of nitrogens with one attached hydrogen (secondary N) is 1. The van der Waals surface area contributed by atoms with Crippen LogP contribution in [0.25, 0.3) is 0 Å². The molecule has 0 aliphatic rings. The van der Waals surface area contributed by atoms with Gasteiger partial charge in [0, 0.05) is 0 Å². The summed E-state index contributed by atoms with van der Waals surface area (Å²) in [6.07, 6.45) is -1.25. The minimum absolute atomic E-state index is 0.324. The molecule has 0 aliphatic carbocycles. The van der Waals surface area contributed by atoms with Crippen molar-refractivity contribution in [3.8, 4) is 0 Å². The summed E-state index contributed by atoms with van der Waals surface area (Å²) in [5, 5.41) is 9.63. The zero-order chi connectivity index (χ0) is 6.57. The molecule has 4 N–H and O–H groups in total. The van der Waals surface area contributed by atoms with Gasteiger partial charge in [-0.05, 0) is 0 Å². The van der Waals surface area contributed by atoms with Crippen molar-refractivity contribution in [2.24, 2.45) is 5.73 Å². The molecule has 46 valence electrons. The third kappa shape index (κ3) is 4.74. The largest absolute Gasteiger partial charge is 0.465 e. The maximum Gasteiger partial charge on any atom is 0.405 e. The zero-order valence-electron chi connectivity index (χ0n) is 4.05. The Hall–Kier alpha value is -1.26. The van der Waals surface area contributed by atoms with Gasteiger partial charge in [-0.3, -0.25) is 4.79 Å². The third-order valence-electron chi connectivity index (χ3n) is 0.414.